The second-order valence-electron chi connectivity index (χ2n) is 2.33. The number of aliphatic hydroxyl groups excluding tert-OH is 1. The number of rotatable bonds is 2. The van der Waals surface area contributed by atoms with Crippen molar-refractivity contribution in [2.75, 3.05) is 6.61 Å². The Morgan fingerprint density at radius 1 is 1.58 bits per heavy atom. The second-order valence-corrected chi connectivity index (χ2v) is 3.10. The third-order valence-electron chi connectivity index (χ3n) is 1.44. The van der Waals surface area contributed by atoms with Crippen molar-refractivity contribution in [3.8, 4) is 0 Å². The molecule has 1 atom stereocenters. The third-order valence-corrected chi connectivity index (χ3v) is 2.13. The van der Waals surface area contributed by atoms with E-state index in [9.17, 15) is 0 Å². The van der Waals surface area contributed by atoms with Crippen LogP contribution in [0.25, 0.3) is 0 Å². The summed E-state index contributed by atoms with van der Waals surface area (Å²) in [5.41, 5.74) is 6.19. The predicted molar refractivity (Wildman–Crippen MR) is 48.3 cm³/mol. The number of halogens is 2. The minimum atomic E-state index is -0.452. The van der Waals surface area contributed by atoms with Gasteiger partial charge in [0.15, 0.2) is 0 Å². The highest BCUT2D eigenvalue weighted by atomic mass is 35.5. The largest absolute Gasteiger partial charge is 0.394 e. The standard InChI is InChI=1S/C7H8Cl2N2O/c8-5-1-4(6(10)3-12)2-11-7(5)9/h1-2,6,12H,3,10H2/t6-/m0/s1. The monoisotopic (exact) mass is 206 g/mol. The van der Waals surface area contributed by atoms with Crippen LogP contribution in [0.4, 0.5) is 0 Å². The van der Waals surface area contributed by atoms with E-state index in [0.717, 1.165) is 0 Å². The molecule has 3 nitrogen and oxygen atoms in total. The van der Waals surface area contributed by atoms with Crippen LogP contribution in [0, 0.1) is 0 Å². The summed E-state index contributed by atoms with van der Waals surface area (Å²) in [5, 5.41) is 9.31. The summed E-state index contributed by atoms with van der Waals surface area (Å²) in [5.74, 6) is 0. The summed E-state index contributed by atoms with van der Waals surface area (Å²) in [6.07, 6.45) is 1.50. The van der Waals surface area contributed by atoms with Gasteiger partial charge < -0.3 is 10.8 Å². The lowest BCUT2D eigenvalue weighted by atomic mass is 10.1. The Bertz CT molecular complexity index is 280. The molecule has 66 valence electrons. The SMILES string of the molecule is N[C@@H](CO)c1cnc(Cl)c(Cl)c1. The molecule has 12 heavy (non-hydrogen) atoms. The van der Waals surface area contributed by atoms with E-state index in [4.69, 9.17) is 34.0 Å². The lowest BCUT2D eigenvalue weighted by Gasteiger charge is -2.07. The fourth-order valence-corrected chi connectivity index (χ4v) is 1.02. The summed E-state index contributed by atoms with van der Waals surface area (Å²) >= 11 is 11.3. The second kappa shape index (κ2) is 4.05. The summed E-state index contributed by atoms with van der Waals surface area (Å²) in [4.78, 5) is 3.79. The highest BCUT2D eigenvalue weighted by Crippen LogP contribution is 2.21. The van der Waals surface area contributed by atoms with Crippen molar-refractivity contribution in [1.82, 2.24) is 4.98 Å². The molecule has 0 unspecified atom stereocenters. The van der Waals surface area contributed by atoms with Crippen molar-refractivity contribution in [3.05, 3.63) is 28.0 Å². The van der Waals surface area contributed by atoms with Gasteiger partial charge in [-0.25, -0.2) is 4.98 Å². The Balaban J connectivity index is 2.96. The highest BCUT2D eigenvalue weighted by molar-refractivity contribution is 6.41. The van der Waals surface area contributed by atoms with Crippen LogP contribution in [-0.2, 0) is 0 Å². The van der Waals surface area contributed by atoms with Gasteiger partial charge in [-0.3, -0.25) is 0 Å². The quantitative estimate of drug-likeness (QED) is 0.720. The first kappa shape index (κ1) is 9.74. The van der Waals surface area contributed by atoms with Crippen LogP contribution in [0.15, 0.2) is 12.3 Å². The average Bonchev–Trinajstić information content (AvgIpc) is 2.08. The van der Waals surface area contributed by atoms with Crippen molar-refractivity contribution in [2.24, 2.45) is 5.73 Å². The molecule has 0 amide bonds. The van der Waals surface area contributed by atoms with Crippen molar-refractivity contribution < 1.29 is 5.11 Å². The molecule has 5 heteroatoms. The number of aliphatic hydroxyl groups is 1. The summed E-state index contributed by atoms with van der Waals surface area (Å²) in [6, 6.07) is 1.14. The normalized spacial score (nSPS) is 13.0. The topological polar surface area (TPSA) is 59.1 Å². The maximum Gasteiger partial charge on any atom is 0.147 e. The van der Waals surface area contributed by atoms with Gasteiger partial charge in [-0.2, -0.15) is 0 Å². The molecule has 1 rings (SSSR count). The molecule has 0 aromatic carbocycles. The van der Waals surface area contributed by atoms with Crippen LogP contribution in [0.2, 0.25) is 10.2 Å². The molecule has 0 aliphatic rings. The van der Waals surface area contributed by atoms with E-state index in [2.05, 4.69) is 4.98 Å². The van der Waals surface area contributed by atoms with E-state index in [0.29, 0.717) is 10.6 Å². The number of hydrogen-bond acceptors (Lipinski definition) is 3. The molecule has 0 spiro atoms. The average molecular weight is 207 g/mol. The summed E-state index contributed by atoms with van der Waals surface area (Å²) in [7, 11) is 0. The molecular weight excluding hydrogens is 199 g/mol. The molecular formula is C7H8Cl2N2O. The van der Waals surface area contributed by atoms with Crippen LogP contribution in [0.1, 0.15) is 11.6 Å². The lowest BCUT2D eigenvalue weighted by Crippen LogP contribution is -2.14. The van der Waals surface area contributed by atoms with Gasteiger partial charge in [0.25, 0.3) is 0 Å². The molecule has 0 aliphatic carbocycles. The van der Waals surface area contributed by atoms with E-state index < -0.39 is 6.04 Å². The van der Waals surface area contributed by atoms with Crippen molar-refractivity contribution in [3.63, 3.8) is 0 Å². The van der Waals surface area contributed by atoms with Gasteiger partial charge in [-0.1, -0.05) is 23.2 Å². The van der Waals surface area contributed by atoms with Gasteiger partial charge in [-0.15, -0.1) is 0 Å². The third kappa shape index (κ3) is 2.08. The minimum absolute atomic E-state index is 0.139. The Hall–Kier alpha value is -0.350. The first-order valence-corrected chi connectivity index (χ1v) is 4.08. The molecule has 0 aliphatic heterocycles. The lowest BCUT2D eigenvalue weighted by molar-refractivity contribution is 0.268. The Morgan fingerprint density at radius 2 is 2.25 bits per heavy atom. The van der Waals surface area contributed by atoms with Gasteiger partial charge in [0, 0.05) is 6.20 Å². The van der Waals surface area contributed by atoms with Crippen LogP contribution in [-0.4, -0.2) is 16.7 Å². The van der Waals surface area contributed by atoms with Gasteiger partial charge in [0.05, 0.1) is 17.7 Å². The Labute approximate surface area is 80.1 Å². The number of aromatic nitrogens is 1. The Kier molecular flexibility index (Phi) is 3.29. The molecule has 1 heterocycles. The summed E-state index contributed by atoms with van der Waals surface area (Å²) in [6.45, 7) is -0.139. The van der Waals surface area contributed by atoms with E-state index in [1.165, 1.54) is 6.20 Å². The molecule has 1 aromatic heterocycles. The number of hydrogen-bond donors (Lipinski definition) is 2. The van der Waals surface area contributed by atoms with Crippen molar-refractivity contribution in [2.45, 2.75) is 6.04 Å². The van der Waals surface area contributed by atoms with E-state index in [1.807, 2.05) is 0 Å². The van der Waals surface area contributed by atoms with Crippen LogP contribution >= 0.6 is 23.2 Å². The summed E-state index contributed by atoms with van der Waals surface area (Å²) < 4.78 is 0. The van der Waals surface area contributed by atoms with E-state index >= 15 is 0 Å². The minimum Gasteiger partial charge on any atom is -0.394 e. The van der Waals surface area contributed by atoms with E-state index in [-0.39, 0.29) is 11.8 Å². The molecule has 0 fully saturated rings. The predicted octanol–water partition coefficient (Wildman–Crippen LogP) is 1.38. The highest BCUT2D eigenvalue weighted by Gasteiger charge is 2.07. The van der Waals surface area contributed by atoms with Crippen LogP contribution < -0.4 is 5.73 Å². The van der Waals surface area contributed by atoms with Crippen molar-refractivity contribution in [1.29, 1.82) is 0 Å². The zero-order chi connectivity index (χ0) is 9.14. The van der Waals surface area contributed by atoms with Gasteiger partial charge in [0.1, 0.15) is 5.15 Å². The van der Waals surface area contributed by atoms with E-state index in [1.54, 1.807) is 6.07 Å². The maximum absolute atomic E-state index is 8.72. The van der Waals surface area contributed by atoms with Crippen molar-refractivity contribution >= 4 is 23.2 Å². The Morgan fingerprint density at radius 3 is 2.75 bits per heavy atom. The zero-order valence-electron chi connectivity index (χ0n) is 6.17. The fraction of sp³-hybridized carbons (Fsp3) is 0.286. The number of pyridine rings is 1. The maximum atomic E-state index is 8.72. The molecule has 0 saturated carbocycles. The first-order chi connectivity index (χ1) is 5.65. The smallest absolute Gasteiger partial charge is 0.147 e. The molecule has 0 saturated heterocycles. The molecule has 0 radical (unpaired) electrons. The van der Waals surface area contributed by atoms with Crippen LogP contribution in [0.3, 0.4) is 0 Å². The first-order valence-electron chi connectivity index (χ1n) is 3.32. The van der Waals surface area contributed by atoms with Gasteiger partial charge in [-0.05, 0) is 11.6 Å². The molecule has 1 aromatic rings. The zero-order valence-corrected chi connectivity index (χ0v) is 7.68. The van der Waals surface area contributed by atoms with Crippen LogP contribution in [0.5, 0.6) is 0 Å². The fourth-order valence-electron chi connectivity index (χ4n) is 0.744. The number of nitrogens with zero attached hydrogens (tertiary/aromatic N) is 1. The molecule has 0 bridgehead atoms. The van der Waals surface area contributed by atoms with Gasteiger partial charge >= 0.3 is 0 Å². The number of nitrogens with two attached hydrogens (primary N) is 1. The van der Waals surface area contributed by atoms with Gasteiger partial charge in [0.2, 0.25) is 0 Å². The molecule has 3 N–H and O–H groups in total.